The van der Waals surface area contributed by atoms with Crippen molar-refractivity contribution in [3.8, 4) is 0 Å². The molecule has 0 aromatic carbocycles. The van der Waals surface area contributed by atoms with E-state index in [2.05, 4.69) is 10.2 Å². The lowest BCUT2D eigenvalue weighted by atomic mass is 9.70. The van der Waals surface area contributed by atoms with Crippen molar-refractivity contribution in [1.82, 2.24) is 10.2 Å². The van der Waals surface area contributed by atoms with Gasteiger partial charge in [0.15, 0.2) is 0 Å². The van der Waals surface area contributed by atoms with E-state index in [1.165, 1.54) is 6.42 Å². The van der Waals surface area contributed by atoms with Crippen molar-refractivity contribution in [2.75, 3.05) is 6.61 Å². The summed E-state index contributed by atoms with van der Waals surface area (Å²) < 4.78 is 5.88. The lowest BCUT2D eigenvalue weighted by Gasteiger charge is -2.48. The zero-order valence-corrected chi connectivity index (χ0v) is 9.88. The monoisotopic (exact) mass is 234 g/mol. The highest BCUT2D eigenvalue weighted by molar-refractivity contribution is 5.11. The summed E-state index contributed by atoms with van der Waals surface area (Å²) in [5.41, 5.74) is 0.964. The number of rotatable bonds is 2. The number of hydrogen-bond acceptors (Lipinski definition) is 4. The van der Waals surface area contributed by atoms with E-state index in [1.54, 1.807) is 12.4 Å². The number of ether oxygens (including phenoxy) is 1. The molecule has 1 saturated carbocycles. The van der Waals surface area contributed by atoms with Gasteiger partial charge in [0.05, 0.1) is 17.9 Å². The highest BCUT2D eigenvalue weighted by atomic mass is 16.5. The predicted molar refractivity (Wildman–Crippen MR) is 62.2 cm³/mol. The van der Waals surface area contributed by atoms with Crippen LogP contribution in [0.4, 0.5) is 0 Å². The van der Waals surface area contributed by atoms with Crippen LogP contribution in [0.5, 0.6) is 0 Å². The molecule has 17 heavy (non-hydrogen) atoms. The molecule has 4 nitrogen and oxygen atoms in total. The van der Waals surface area contributed by atoms with E-state index in [9.17, 15) is 5.11 Å². The second-order valence-electron chi connectivity index (χ2n) is 5.26. The van der Waals surface area contributed by atoms with E-state index in [1.807, 2.05) is 6.07 Å². The van der Waals surface area contributed by atoms with Gasteiger partial charge in [0, 0.05) is 18.4 Å². The Labute approximate surface area is 101 Å². The Morgan fingerprint density at radius 2 is 2.29 bits per heavy atom. The standard InChI is InChI=1S/C13H18N2O2/c16-12(11-2-6-14-15-9-11)10-3-7-17-13(8-10)4-1-5-13/h2,6,9-10,12,16H,1,3-5,7-8H2. The first kappa shape index (κ1) is 11.1. The van der Waals surface area contributed by atoms with E-state index >= 15 is 0 Å². The molecule has 4 heteroatoms. The van der Waals surface area contributed by atoms with E-state index in [4.69, 9.17) is 4.74 Å². The molecule has 3 rings (SSSR count). The average Bonchev–Trinajstić information content (AvgIpc) is 2.37. The zero-order valence-electron chi connectivity index (χ0n) is 9.88. The molecular formula is C13H18N2O2. The first-order chi connectivity index (χ1) is 8.29. The van der Waals surface area contributed by atoms with Crippen LogP contribution in [-0.4, -0.2) is 27.5 Å². The molecule has 0 radical (unpaired) electrons. The maximum atomic E-state index is 10.4. The van der Waals surface area contributed by atoms with Gasteiger partial charge in [-0.25, -0.2) is 0 Å². The van der Waals surface area contributed by atoms with E-state index in [0.29, 0.717) is 5.92 Å². The summed E-state index contributed by atoms with van der Waals surface area (Å²) in [7, 11) is 0. The van der Waals surface area contributed by atoms with Gasteiger partial charge in [0.1, 0.15) is 0 Å². The van der Waals surface area contributed by atoms with Gasteiger partial charge in [0.2, 0.25) is 0 Å². The molecular weight excluding hydrogens is 216 g/mol. The summed E-state index contributed by atoms with van der Waals surface area (Å²) in [5.74, 6) is 0.299. The van der Waals surface area contributed by atoms with Gasteiger partial charge in [-0.3, -0.25) is 0 Å². The van der Waals surface area contributed by atoms with Crippen molar-refractivity contribution < 1.29 is 9.84 Å². The van der Waals surface area contributed by atoms with Gasteiger partial charge in [-0.2, -0.15) is 10.2 Å². The third-order valence-corrected chi connectivity index (χ3v) is 4.19. The van der Waals surface area contributed by atoms with Crippen molar-refractivity contribution in [1.29, 1.82) is 0 Å². The Kier molecular flexibility index (Phi) is 2.84. The Morgan fingerprint density at radius 1 is 1.41 bits per heavy atom. The van der Waals surface area contributed by atoms with Crippen molar-refractivity contribution >= 4 is 0 Å². The van der Waals surface area contributed by atoms with E-state index in [-0.39, 0.29) is 5.60 Å². The molecule has 1 aliphatic heterocycles. The lowest BCUT2D eigenvalue weighted by Crippen LogP contribution is -2.46. The molecule has 0 bridgehead atoms. The minimum absolute atomic E-state index is 0.0877. The second-order valence-corrected chi connectivity index (χ2v) is 5.26. The van der Waals surface area contributed by atoms with Crippen molar-refractivity contribution in [2.24, 2.45) is 5.92 Å². The minimum atomic E-state index is -0.424. The van der Waals surface area contributed by atoms with Crippen LogP contribution in [0.25, 0.3) is 0 Å². The highest BCUT2D eigenvalue weighted by Crippen LogP contribution is 2.46. The molecule has 1 spiro atoms. The van der Waals surface area contributed by atoms with Crippen molar-refractivity contribution in [3.05, 3.63) is 24.0 Å². The van der Waals surface area contributed by atoms with Crippen LogP contribution in [0, 0.1) is 5.92 Å². The summed E-state index contributed by atoms with van der Waals surface area (Å²) in [6.07, 6.45) is 8.37. The van der Waals surface area contributed by atoms with E-state index < -0.39 is 6.10 Å². The Morgan fingerprint density at radius 3 is 2.94 bits per heavy atom. The fourth-order valence-electron chi connectivity index (χ4n) is 3.00. The molecule has 2 atom stereocenters. The van der Waals surface area contributed by atoms with E-state index in [0.717, 1.165) is 37.9 Å². The first-order valence-electron chi connectivity index (χ1n) is 6.38. The van der Waals surface area contributed by atoms with Gasteiger partial charge >= 0.3 is 0 Å². The van der Waals surface area contributed by atoms with Crippen molar-refractivity contribution in [3.63, 3.8) is 0 Å². The molecule has 2 heterocycles. The van der Waals surface area contributed by atoms with Crippen LogP contribution in [0.3, 0.4) is 0 Å². The van der Waals surface area contributed by atoms with Gasteiger partial charge in [-0.05, 0) is 44.1 Å². The molecule has 2 unspecified atom stereocenters. The fourth-order valence-corrected chi connectivity index (χ4v) is 3.00. The zero-order chi connectivity index (χ0) is 11.7. The maximum Gasteiger partial charge on any atom is 0.0836 e. The summed E-state index contributed by atoms with van der Waals surface area (Å²) in [6.45, 7) is 0.778. The lowest BCUT2D eigenvalue weighted by molar-refractivity contribution is -0.157. The van der Waals surface area contributed by atoms with Gasteiger partial charge < -0.3 is 9.84 Å². The summed E-state index contributed by atoms with van der Waals surface area (Å²) in [5, 5.41) is 17.9. The Bertz CT molecular complexity index is 378. The molecule has 1 N–H and O–H groups in total. The number of hydrogen-bond donors (Lipinski definition) is 1. The predicted octanol–water partition coefficient (Wildman–Crippen LogP) is 1.86. The Balaban J connectivity index is 1.71. The molecule has 0 amide bonds. The van der Waals surface area contributed by atoms with Crippen LogP contribution < -0.4 is 0 Å². The number of aromatic nitrogens is 2. The third kappa shape index (κ3) is 2.07. The minimum Gasteiger partial charge on any atom is -0.388 e. The number of aliphatic hydroxyl groups excluding tert-OH is 1. The van der Waals surface area contributed by atoms with Crippen LogP contribution >= 0.6 is 0 Å². The molecule has 1 aliphatic carbocycles. The number of nitrogens with zero attached hydrogens (tertiary/aromatic N) is 2. The highest BCUT2D eigenvalue weighted by Gasteiger charge is 2.44. The largest absolute Gasteiger partial charge is 0.388 e. The molecule has 2 fully saturated rings. The maximum absolute atomic E-state index is 10.4. The molecule has 92 valence electrons. The first-order valence-corrected chi connectivity index (χ1v) is 6.38. The van der Waals surface area contributed by atoms with Gasteiger partial charge in [0.25, 0.3) is 0 Å². The molecule has 2 aliphatic rings. The average molecular weight is 234 g/mol. The molecule has 1 aromatic heterocycles. The smallest absolute Gasteiger partial charge is 0.0836 e. The summed E-state index contributed by atoms with van der Waals surface area (Å²) in [4.78, 5) is 0. The quantitative estimate of drug-likeness (QED) is 0.848. The normalized spacial score (nSPS) is 28.6. The molecule has 1 saturated heterocycles. The van der Waals surface area contributed by atoms with Crippen molar-refractivity contribution in [2.45, 2.75) is 43.8 Å². The van der Waals surface area contributed by atoms with Crippen LogP contribution in [0.2, 0.25) is 0 Å². The van der Waals surface area contributed by atoms with Crippen LogP contribution in [0.1, 0.15) is 43.8 Å². The van der Waals surface area contributed by atoms with Gasteiger partial charge in [-0.1, -0.05) is 0 Å². The SMILES string of the molecule is OC(c1ccnnc1)C1CCOC2(CCC2)C1. The van der Waals surface area contributed by atoms with Crippen LogP contribution in [-0.2, 0) is 4.74 Å². The fraction of sp³-hybridized carbons (Fsp3) is 0.692. The third-order valence-electron chi connectivity index (χ3n) is 4.19. The summed E-state index contributed by atoms with van der Waals surface area (Å²) in [6, 6.07) is 1.85. The van der Waals surface area contributed by atoms with Gasteiger partial charge in [-0.15, -0.1) is 0 Å². The summed E-state index contributed by atoms with van der Waals surface area (Å²) >= 11 is 0. The van der Waals surface area contributed by atoms with Crippen LogP contribution in [0.15, 0.2) is 18.5 Å². The number of aliphatic hydroxyl groups is 1. The second kappa shape index (κ2) is 4.35. The molecule has 1 aromatic rings. The Hall–Kier alpha value is -1.00. The topological polar surface area (TPSA) is 55.2 Å².